The predicted octanol–water partition coefficient (Wildman–Crippen LogP) is 4.67. The van der Waals surface area contributed by atoms with E-state index in [1.807, 2.05) is 18.2 Å². The topological polar surface area (TPSA) is 52.0 Å². The number of benzene rings is 1. The second-order valence-electron chi connectivity index (χ2n) is 4.69. The van der Waals surface area contributed by atoms with Gasteiger partial charge in [0.1, 0.15) is 5.76 Å². The lowest BCUT2D eigenvalue weighted by molar-refractivity contribution is 0.537. The number of anilines is 1. The SMILES string of the molecule is CCCCc1cc2c(o1)c(N)nc1cccc(Br)c12. The third kappa shape index (κ3) is 2.10. The van der Waals surface area contributed by atoms with E-state index in [0.717, 1.165) is 45.8 Å². The number of pyridine rings is 1. The summed E-state index contributed by atoms with van der Waals surface area (Å²) in [4.78, 5) is 4.41. The Labute approximate surface area is 119 Å². The van der Waals surface area contributed by atoms with Gasteiger partial charge in [-0.25, -0.2) is 4.98 Å². The summed E-state index contributed by atoms with van der Waals surface area (Å²) in [5.74, 6) is 1.44. The molecule has 19 heavy (non-hydrogen) atoms. The maximum Gasteiger partial charge on any atom is 0.176 e. The molecular formula is C15H15BrN2O. The highest BCUT2D eigenvalue weighted by atomic mass is 79.9. The molecule has 1 aromatic carbocycles. The fourth-order valence-electron chi connectivity index (χ4n) is 2.35. The van der Waals surface area contributed by atoms with E-state index in [1.54, 1.807) is 0 Å². The van der Waals surface area contributed by atoms with Crippen LogP contribution in [0.2, 0.25) is 0 Å². The average molecular weight is 319 g/mol. The number of fused-ring (bicyclic) bond motifs is 3. The number of aryl methyl sites for hydroxylation is 1. The molecule has 2 N–H and O–H groups in total. The minimum atomic E-state index is 0.461. The Morgan fingerprint density at radius 3 is 3.00 bits per heavy atom. The van der Waals surface area contributed by atoms with Crippen LogP contribution in [0.1, 0.15) is 25.5 Å². The fourth-order valence-corrected chi connectivity index (χ4v) is 2.91. The van der Waals surface area contributed by atoms with Crippen molar-refractivity contribution in [1.82, 2.24) is 4.98 Å². The summed E-state index contributed by atoms with van der Waals surface area (Å²) in [6, 6.07) is 8.03. The Morgan fingerprint density at radius 1 is 1.37 bits per heavy atom. The van der Waals surface area contributed by atoms with E-state index in [4.69, 9.17) is 10.2 Å². The van der Waals surface area contributed by atoms with E-state index in [0.29, 0.717) is 11.4 Å². The molecule has 0 aliphatic carbocycles. The summed E-state index contributed by atoms with van der Waals surface area (Å²) in [6.45, 7) is 2.17. The van der Waals surface area contributed by atoms with Crippen LogP contribution in [-0.4, -0.2) is 4.98 Å². The first-order valence-electron chi connectivity index (χ1n) is 6.47. The lowest BCUT2D eigenvalue weighted by atomic mass is 10.1. The van der Waals surface area contributed by atoms with Gasteiger partial charge in [-0.3, -0.25) is 0 Å². The van der Waals surface area contributed by atoms with Gasteiger partial charge in [-0.2, -0.15) is 0 Å². The van der Waals surface area contributed by atoms with Crippen molar-refractivity contribution in [3.05, 3.63) is 34.5 Å². The fraction of sp³-hybridized carbons (Fsp3) is 0.267. The molecule has 0 radical (unpaired) electrons. The van der Waals surface area contributed by atoms with Gasteiger partial charge >= 0.3 is 0 Å². The van der Waals surface area contributed by atoms with Gasteiger partial charge in [0.25, 0.3) is 0 Å². The molecule has 0 unspecified atom stereocenters. The molecule has 3 nitrogen and oxygen atoms in total. The van der Waals surface area contributed by atoms with Crippen molar-refractivity contribution in [2.45, 2.75) is 26.2 Å². The van der Waals surface area contributed by atoms with Crippen LogP contribution in [0.15, 0.2) is 33.2 Å². The lowest BCUT2D eigenvalue weighted by Gasteiger charge is -2.02. The summed E-state index contributed by atoms with van der Waals surface area (Å²) in [5.41, 5.74) is 7.58. The normalized spacial score (nSPS) is 11.5. The Kier molecular flexibility index (Phi) is 3.19. The number of halogens is 1. The van der Waals surface area contributed by atoms with Gasteiger partial charge in [0.05, 0.1) is 5.52 Å². The Balaban J connectivity index is 2.30. The van der Waals surface area contributed by atoms with Crippen molar-refractivity contribution < 1.29 is 4.42 Å². The highest BCUT2D eigenvalue weighted by molar-refractivity contribution is 9.10. The van der Waals surface area contributed by atoms with Crippen molar-refractivity contribution in [3.63, 3.8) is 0 Å². The average Bonchev–Trinajstić information content (AvgIpc) is 2.81. The number of nitrogen functional groups attached to an aromatic ring is 1. The molecule has 0 fully saturated rings. The second kappa shape index (κ2) is 4.85. The van der Waals surface area contributed by atoms with Gasteiger partial charge in [-0.15, -0.1) is 0 Å². The number of nitrogens with two attached hydrogens (primary N) is 1. The maximum atomic E-state index is 5.99. The van der Waals surface area contributed by atoms with Crippen LogP contribution >= 0.6 is 15.9 Å². The molecular weight excluding hydrogens is 304 g/mol. The second-order valence-corrected chi connectivity index (χ2v) is 5.54. The minimum absolute atomic E-state index is 0.461. The molecule has 3 aromatic rings. The zero-order chi connectivity index (χ0) is 13.4. The summed E-state index contributed by atoms with van der Waals surface area (Å²) in [7, 11) is 0. The van der Waals surface area contributed by atoms with Crippen molar-refractivity contribution in [2.75, 3.05) is 5.73 Å². The number of unbranched alkanes of at least 4 members (excludes halogenated alkanes) is 1. The van der Waals surface area contributed by atoms with Crippen LogP contribution in [0.5, 0.6) is 0 Å². The molecule has 98 valence electrons. The van der Waals surface area contributed by atoms with E-state index in [-0.39, 0.29) is 0 Å². The molecule has 3 rings (SSSR count). The summed E-state index contributed by atoms with van der Waals surface area (Å²) < 4.78 is 6.87. The van der Waals surface area contributed by atoms with Crippen LogP contribution < -0.4 is 5.73 Å². The molecule has 0 spiro atoms. The van der Waals surface area contributed by atoms with Crippen molar-refractivity contribution in [1.29, 1.82) is 0 Å². The largest absolute Gasteiger partial charge is 0.457 e. The highest BCUT2D eigenvalue weighted by Gasteiger charge is 2.13. The van der Waals surface area contributed by atoms with Crippen LogP contribution in [0.4, 0.5) is 5.82 Å². The summed E-state index contributed by atoms with van der Waals surface area (Å²) in [6.07, 6.45) is 3.21. The molecule has 0 amide bonds. The Hall–Kier alpha value is -1.55. The molecule has 2 heterocycles. The van der Waals surface area contributed by atoms with Crippen LogP contribution in [0, 0.1) is 0 Å². The van der Waals surface area contributed by atoms with Crippen LogP contribution in [0.3, 0.4) is 0 Å². The molecule has 0 aliphatic rings. The first kappa shape index (κ1) is 12.5. The number of rotatable bonds is 3. The first-order chi connectivity index (χ1) is 9.20. The number of nitrogens with zero attached hydrogens (tertiary/aromatic N) is 1. The van der Waals surface area contributed by atoms with E-state index in [2.05, 4.69) is 33.9 Å². The molecule has 0 bridgehead atoms. The van der Waals surface area contributed by atoms with Gasteiger partial charge in [0, 0.05) is 21.7 Å². The molecule has 0 saturated heterocycles. The standard InChI is InChI=1S/C15H15BrN2O/c1-2-3-5-9-8-10-13-11(16)6-4-7-12(13)18-15(17)14(10)19-9/h4,6-8H,2-3,5H2,1H3,(H2,17,18). The predicted molar refractivity (Wildman–Crippen MR) is 82.2 cm³/mol. The molecule has 2 aromatic heterocycles. The van der Waals surface area contributed by atoms with Gasteiger partial charge < -0.3 is 10.2 Å². The van der Waals surface area contributed by atoms with E-state index in [1.165, 1.54) is 0 Å². The van der Waals surface area contributed by atoms with Crippen molar-refractivity contribution in [3.8, 4) is 0 Å². The van der Waals surface area contributed by atoms with Gasteiger partial charge in [-0.1, -0.05) is 35.3 Å². The van der Waals surface area contributed by atoms with E-state index < -0.39 is 0 Å². The third-order valence-corrected chi connectivity index (χ3v) is 3.96. The number of hydrogen-bond donors (Lipinski definition) is 1. The Bertz CT molecular complexity index is 749. The number of furan rings is 1. The highest BCUT2D eigenvalue weighted by Crippen LogP contribution is 2.35. The van der Waals surface area contributed by atoms with Gasteiger partial charge in [-0.05, 0) is 24.6 Å². The van der Waals surface area contributed by atoms with E-state index in [9.17, 15) is 0 Å². The molecule has 0 atom stereocenters. The Morgan fingerprint density at radius 2 is 2.21 bits per heavy atom. The lowest BCUT2D eigenvalue weighted by Crippen LogP contribution is -1.91. The quantitative estimate of drug-likeness (QED) is 0.763. The van der Waals surface area contributed by atoms with Gasteiger partial charge in [0.2, 0.25) is 0 Å². The molecule has 0 aliphatic heterocycles. The van der Waals surface area contributed by atoms with E-state index >= 15 is 0 Å². The third-order valence-electron chi connectivity index (χ3n) is 3.29. The summed E-state index contributed by atoms with van der Waals surface area (Å²) >= 11 is 3.58. The maximum absolute atomic E-state index is 5.99. The van der Waals surface area contributed by atoms with Crippen LogP contribution in [0.25, 0.3) is 21.9 Å². The zero-order valence-electron chi connectivity index (χ0n) is 10.7. The number of hydrogen-bond acceptors (Lipinski definition) is 3. The summed E-state index contributed by atoms with van der Waals surface area (Å²) in [5, 5.41) is 2.11. The minimum Gasteiger partial charge on any atom is -0.457 e. The van der Waals surface area contributed by atoms with Crippen molar-refractivity contribution >= 4 is 43.6 Å². The number of aromatic nitrogens is 1. The monoisotopic (exact) mass is 318 g/mol. The first-order valence-corrected chi connectivity index (χ1v) is 7.26. The van der Waals surface area contributed by atoms with Crippen molar-refractivity contribution in [2.24, 2.45) is 0 Å². The zero-order valence-corrected chi connectivity index (χ0v) is 12.3. The van der Waals surface area contributed by atoms with Gasteiger partial charge in [0.15, 0.2) is 11.4 Å². The van der Waals surface area contributed by atoms with Crippen LogP contribution in [-0.2, 0) is 6.42 Å². The molecule has 4 heteroatoms. The molecule has 0 saturated carbocycles. The smallest absolute Gasteiger partial charge is 0.176 e.